The molecule has 4 nitrogen and oxygen atoms in total. The number of nitrogens with zero attached hydrogens (tertiary/aromatic N) is 1. The van der Waals surface area contributed by atoms with E-state index in [1.165, 1.54) is 24.3 Å². The highest BCUT2D eigenvalue weighted by molar-refractivity contribution is 5.87. The molecule has 0 unspecified atom stereocenters. The van der Waals surface area contributed by atoms with E-state index in [1.807, 2.05) is 0 Å². The molecule has 0 bridgehead atoms. The predicted octanol–water partition coefficient (Wildman–Crippen LogP) is 1.54. The second-order valence-corrected chi connectivity index (χ2v) is 3.29. The zero-order valence-corrected chi connectivity index (χ0v) is 8.33. The largest absolute Gasteiger partial charge is 0.478 e. The van der Waals surface area contributed by atoms with Crippen LogP contribution in [0.5, 0.6) is 0 Å². The van der Waals surface area contributed by atoms with Crippen LogP contribution in [0.2, 0.25) is 0 Å². The lowest BCUT2D eigenvalue weighted by atomic mass is 10.2. The molecular formula is C12H9NO3. The fourth-order valence-corrected chi connectivity index (χ4v) is 1.36. The van der Waals surface area contributed by atoms with Crippen molar-refractivity contribution in [2.45, 2.75) is 0 Å². The van der Waals surface area contributed by atoms with E-state index < -0.39 is 5.97 Å². The lowest BCUT2D eigenvalue weighted by molar-refractivity contribution is 0.0697. The van der Waals surface area contributed by atoms with Gasteiger partial charge in [-0.3, -0.25) is 4.79 Å². The maximum atomic E-state index is 10.9. The molecular weight excluding hydrogens is 206 g/mol. The van der Waals surface area contributed by atoms with Crippen LogP contribution in [0, 0.1) is 0 Å². The van der Waals surface area contributed by atoms with Crippen molar-refractivity contribution in [3.63, 3.8) is 0 Å². The second kappa shape index (κ2) is 4.02. The number of aromatic carboxylic acids is 1. The van der Waals surface area contributed by atoms with E-state index in [0.717, 1.165) is 5.69 Å². The smallest absolute Gasteiger partial charge is 0.335 e. The number of carboxylic acid groups (broad SMARTS) is 1. The summed E-state index contributed by atoms with van der Waals surface area (Å²) in [4.78, 5) is 21.6. The van der Waals surface area contributed by atoms with Crippen LogP contribution in [0.3, 0.4) is 0 Å². The second-order valence-electron chi connectivity index (χ2n) is 3.29. The number of carbonyl (C=O) groups is 1. The zero-order valence-electron chi connectivity index (χ0n) is 8.33. The molecule has 0 aliphatic carbocycles. The molecule has 1 aromatic carbocycles. The fourth-order valence-electron chi connectivity index (χ4n) is 1.36. The van der Waals surface area contributed by atoms with Crippen molar-refractivity contribution in [1.82, 2.24) is 4.57 Å². The van der Waals surface area contributed by atoms with Crippen molar-refractivity contribution in [2.24, 2.45) is 0 Å². The van der Waals surface area contributed by atoms with Crippen LogP contribution in [0.4, 0.5) is 0 Å². The first-order valence-corrected chi connectivity index (χ1v) is 4.69. The predicted molar refractivity (Wildman–Crippen MR) is 59.0 cm³/mol. The molecule has 16 heavy (non-hydrogen) atoms. The first-order valence-electron chi connectivity index (χ1n) is 4.69. The summed E-state index contributed by atoms with van der Waals surface area (Å²) in [6, 6.07) is 9.32. The van der Waals surface area contributed by atoms with Gasteiger partial charge in [-0.1, -0.05) is 0 Å². The van der Waals surface area contributed by atoms with Gasteiger partial charge in [0.1, 0.15) is 0 Å². The Bertz CT molecular complexity index is 549. The van der Waals surface area contributed by atoms with Gasteiger partial charge in [0.05, 0.1) is 5.56 Å². The van der Waals surface area contributed by atoms with Gasteiger partial charge < -0.3 is 9.67 Å². The van der Waals surface area contributed by atoms with E-state index in [4.69, 9.17) is 5.11 Å². The van der Waals surface area contributed by atoms with E-state index in [2.05, 4.69) is 0 Å². The molecule has 2 rings (SSSR count). The van der Waals surface area contributed by atoms with Crippen molar-refractivity contribution in [3.05, 3.63) is 64.6 Å². The number of hydrogen-bond acceptors (Lipinski definition) is 2. The van der Waals surface area contributed by atoms with Gasteiger partial charge in [-0.15, -0.1) is 0 Å². The molecule has 0 saturated carbocycles. The third kappa shape index (κ3) is 2.00. The number of carboxylic acids is 1. The average Bonchev–Trinajstić information content (AvgIpc) is 2.30. The Labute approximate surface area is 91.4 Å². The fraction of sp³-hybridized carbons (Fsp3) is 0. The summed E-state index contributed by atoms with van der Waals surface area (Å²) in [6.07, 6.45) is 3.27. The third-order valence-corrected chi connectivity index (χ3v) is 2.21. The van der Waals surface area contributed by atoms with Crippen molar-refractivity contribution >= 4 is 5.97 Å². The third-order valence-electron chi connectivity index (χ3n) is 2.21. The molecule has 1 aromatic heterocycles. The van der Waals surface area contributed by atoms with Crippen LogP contribution < -0.4 is 5.43 Å². The van der Waals surface area contributed by atoms with E-state index in [1.54, 1.807) is 29.1 Å². The lowest BCUT2D eigenvalue weighted by Gasteiger charge is -2.05. The van der Waals surface area contributed by atoms with Crippen LogP contribution in [-0.2, 0) is 0 Å². The Morgan fingerprint density at radius 2 is 1.56 bits per heavy atom. The minimum absolute atomic E-state index is 0.0570. The van der Waals surface area contributed by atoms with Crippen LogP contribution >= 0.6 is 0 Å². The summed E-state index contributed by atoms with van der Waals surface area (Å²) in [5.74, 6) is -0.952. The van der Waals surface area contributed by atoms with E-state index in [9.17, 15) is 9.59 Å². The number of pyridine rings is 1. The molecule has 1 N–H and O–H groups in total. The first-order chi connectivity index (χ1) is 7.66. The Balaban J connectivity index is 2.38. The zero-order chi connectivity index (χ0) is 11.5. The molecule has 0 aliphatic heterocycles. The van der Waals surface area contributed by atoms with Crippen molar-refractivity contribution in [1.29, 1.82) is 0 Å². The summed E-state index contributed by atoms with van der Waals surface area (Å²) in [7, 11) is 0. The van der Waals surface area contributed by atoms with Crippen LogP contribution in [-0.4, -0.2) is 15.6 Å². The Kier molecular flexibility index (Phi) is 2.55. The highest BCUT2D eigenvalue weighted by Gasteiger charge is 2.01. The molecule has 2 aromatic rings. The Morgan fingerprint density at radius 1 is 1.00 bits per heavy atom. The maximum Gasteiger partial charge on any atom is 0.335 e. The number of hydrogen-bond donors (Lipinski definition) is 1. The molecule has 0 fully saturated rings. The normalized spacial score (nSPS) is 10.0. The average molecular weight is 215 g/mol. The maximum absolute atomic E-state index is 10.9. The van der Waals surface area contributed by atoms with Crippen LogP contribution in [0.15, 0.2) is 53.6 Å². The summed E-state index contributed by atoms with van der Waals surface area (Å²) in [5, 5.41) is 8.73. The number of aromatic nitrogens is 1. The highest BCUT2D eigenvalue weighted by atomic mass is 16.4. The van der Waals surface area contributed by atoms with Gasteiger partial charge in [0, 0.05) is 30.2 Å². The highest BCUT2D eigenvalue weighted by Crippen LogP contribution is 2.08. The SMILES string of the molecule is O=C(O)c1ccc(-n2ccc(=O)cc2)cc1. The van der Waals surface area contributed by atoms with Crippen LogP contribution in [0.1, 0.15) is 10.4 Å². The molecule has 1 heterocycles. The quantitative estimate of drug-likeness (QED) is 0.826. The van der Waals surface area contributed by atoms with Crippen molar-refractivity contribution < 1.29 is 9.90 Å². The van der Waals surface area contributed by atoms with E-state index >= 15 is 0 Å². The summed E-state index contributed by atoms with van der Waals surface area (Å²) < 4.78 is 1.74. The van der Waals surface area contributed by atoms with Crippen molar-refractivity contribution in [3.8, 4) is 5.69 Å². The van der Waals surface area contributed by atoms with Gasteiger partial charge in [-0.2, -0.15) is 0 Å². The monoisotopic (exact) mass is 215 g/mol. The van der Waals surface area contributed by atoms with E-state index in [-0.39, 0.29) is 11.0 Å². The van der Waals surface area contributed by atoms with E-state index in [0.29, 0.717) is 0 Å². The van der Waals surface area contributed by atoms with Gasteiger partial charge in [-0.05, 0) is 24.3 Å². The number of rotatable bonds is 2. The Morgan fingerprint density at radius 3 is 2.06 bits per heavy atom. The molecule has 80 valence electrons. The van der Waals surface area contributed by atoms with Gasteiger partial charge in [0.2, 0.25) is 0 Å². The summed E-state index contributed by atoms with van der Waals surface area (Å²) >= 11 is 0. The first kappa shape index (κ1) is 10.2. The standard InChI is InChI=1S/C12H9NO3/c14-11-5-7-13(8-6-11)10-3-1-9(2-4-10)12(15)16/h1-8H,(H,15,16). The molecule has 0 amide bonds. The molecule has 0 saturated heterocycles. The minimum atomic E-state index is -0.952. The summed E-state index contributed by atoms with van der Waals surface area (Å²) in [6.45, 7) is 0. The summed E-state index contributed by atoms with van der Waals surface area (Å²) in [5.41, 5.74) is 0.994. The van der Waals surface area contributed by atoms with Gasteiger partial charge in [-0.25, -0.2) is 4.79 Å². The molecule has 4 heteroatoms. The topological polar surface area (TPSA) is 59.3 Å². The molecule has 0 aliphatic rings. The minimum Gasteiger partial charge on any atom is -0.478 e. The van der Waals surface area contributed by atoms with Crippen molar-refractivity contribution in [2.75, 3.05) is 0 Å². The van der Waals surface area contributed by atoms with Gasteiger partial charge in [0.25, 0.3) is 0 Å². The number of benzene rings is 1. The molecule has 0 radical (unpaired) electrons. The Hall–Kier alpha value is -2.36. The van der Waals surface area contributed by atoms with Crippen LogP contribution in [0.25, 0.3) is 5.69 Å². The molecule has 0 spiro atoms. The van der Waals surface area contributed by atoms with Gasteiger partial charge >= 0.3 is 5.97 Å². The van der Waals surface area contributed by atoms with Gasteiger partial charge in [0.15, 0.2) is 5.43 Å². The molecule has 0 atom stereocenters. The lowest BCUT2D eigenvalue weighted by Crippen LogP contribution is -2.02.